The summed E-state index contributed by atoms with van der Waals surface area (Å²) in [6, 6.07) is 0. The Bertz CT molecular complexity index is 146. The number of carbonyl (C=O) groups excluding carboxylic acids is 1. The number of amides is 1. The topological polar surface area (TPSA) is 76.4 Å². The Kier molecular flexibility index (Phi) is 3.03. The van der Waals surface area contributed by atoms with E-state index in [-0.39, 0.29) is 22.7 Å². The van der Waals surface area contributed by atoms with Crippen LogP contribution in [0.25, 0.3) is 0 Å². The van der Waals surface area contributed by atoms with Gasteiger partial charge in [-0.1, -0.05) is 5.59 Å². The average Bonchev–Trinajstić information content (AvgIpc) is 2.12. The fourth-order valence-corrected chi connectivity index (χ4v) is 0.330. The number of hydrazine groups is 1. The van der Waals surface area contributed by atoms with Gasteiger partial charge in [0.1, 0.15) is 0 Å². The Morgan fingerprint density at radius 3 is 2.67 bits per heavy atom. The number of halogens is 1. The third kappa shape index (κ3) is 1.90. The quantitative estimate of drug-likeness (QED) is 0.499. The van der Waals surface area contributed by atoms with Crippen molar-refractivity contribution in [2.24, 2.45) is 5.73 Å². The first-order valence-corrected chi connectivity index (χ1v) is 1.98. The molecule has 0 atom stereocenters. The molecule has 1 aliphatic rings. The van der Waals surface area contributed by atoms with Crippen molar-refractivity contribution in [1.82, 2.24) is 11.0 Å². The molecule has 1 heterocycles. The number of hydrogen-bond acceptors (Lipinski definition) is 4. The summed E-state index contributed by atoms with van der Waals surface area (Å²) in [5.41, 5.74) is 9.41. The van der Waals surface area contributed by atoms with E-state index < -0.39 is 5.91 Å². The van der Waals surface area contributed by atoms with Crippen LogP contribution in [0.3, 0.4) is 0 Å². The fourth-order valence-electron chi connectivity index (χ4n) is 0.330. The Labute approximate surface area is 61.9 Å². The molecular formula is C3H6BrN3O2. The highest BCUT2D eigenvalue weighted by molar-refractivity contribution is 8.93. The summed E-state index contributed by atoms with van der Waals surface area (Å²) in [5.74, 6) is -0.507. The number of carbonyl (C=O) groups is 1. The first-order chi connectivity index (χ1) is 3.80. The van der Waals surface area contributed by atoms with Crippen LogP contribution in [0.2, 0.25) is 0 Å². The molecule has 0 fully saturated rings. The molecule has 4 N–H and O–H groups in total. The lowest BCUT2D eigenvalue weighted by Gasteiger charge is -1.92. The molecular weight excluding hydrogens is 190 g/mol. The van der Waals surface area contributed by atoms with E-state index in [9.17, 15) is 4.79 Å². The smallest absolute Gasteiger partial charge is 0.288 e. The summed E-state index contributed by atoms with van der Waals surface area (Å²) < 4.78 is 0. The van der Waals surface area contributed by atoms with E-state index in [0.29, 0.717) is 0 Å². The van der Waals surface area contributed by atoms with E-state index in [4.69, 9.17) is 5.73 Å². The number of primary amides is 1. The van der Waals surface area contributed by atoms with Crippen LogP contribution in [0, 0.1) is 0 Å². The number of nitrogens with two attached hydrogens (primary N) is 1. The molecule has 0 saturated heterocycles. The van der Waals surface area contributed by atoms with E-state index in [1.54, 1.807) is 0 Å². The summed E-state index contributed by atoms with van der Waals surface area (Å²) in [5, 5.41) is 0. The summed E-state index contributed by atoms with van der Waals surface area (Å²) >= 11 is 0. The van der Waals surface area contributed by atoms with Gasteiger partial charge in [-0.15, -0.1) is 17.0 Å². The molecule has 0 aliphatic carbocycles. The van der Waals surface area contributed by atoms with Crippen molar-refractivity contribution in [2.75, 3.05) is 0 Å². The van der Waals surface area contributed by atoms with Gasteiger partial charge < -0.3 is 10.6 Å². The van der Waals surface area contributed by atoms with Crippen LogP contribution in [0.1, 0.15) is 0 Å². The lowest BCUT2D eigenvalue weighted by Crippen LogP contribution is -2.20. The summed E-state index contributed by atoms with van der Waals surface area (Å²) in [7, 11) is 0. The lowest BCUT2D eigenvalue weighted by atomic mass is 10.5. The van der Waals surface area contributed by atoms with Crippen molar-refractivity contribution in [3.8, 4) is 0 Å². The van der Waals surface area contributed by atoms with Crippen LogP contribution in [0.4, 0.5) is 0 Å². The minimum atomic E-state index is -0.595. The van der Waals surface area contributed by atoms with Gasteiger partial charge in [-0.25, -0.2) is 0 Å². The molecule has 1 rings (SSSR count). The largest absolute Gasteiger partial charge is 0.382 e. The van der Waals surface area contributed by atoms with Crippen LogP contribution >= 0.6 is 17.0 Å². The molecule has 6 heteroatoms. The van der Waals surface area contributed by atoms with Crippen LogP contribution in [-0.2, 0) is 9.63 Å². The van der Waals surface area contributed by atoms with Crippen molar-refractivity contribution in [3.05, 3.63) is 12.0 Å². The zero-order valence-corrected chi connectivity index (χ0v) is 6.09. The van der Waals surface area contributed by atoms with Crippen LogP contribution in [-0.4, -0.2) is 5.91 Å². The Morgan fingerprint density at radius 2 is 2.44 bits per heavy atom. The van der Waals surface area contributed by atoms with Crippen molar-refractivity contribution >= 4 is 22.9 Å². The maximum atomic E-state index is 10.2. The van der Waals surface area contributed by atoms with Crippen molar-refractivity contribution in [3.63, 3.8) is 0 Å². The van der Waals surface area contributed by atoms with Gasteiger partial charge in [0.15, 0.2) is 0 Å². The Morgan fingerprint density at radius 1 is 1.78 bits per heavy atom. The Balaban J connectivity index is 0.000000640. The molecule has 0 aromatic heterocycles. The Hall–Kier alpha value is -0.750. The fraction of sp³-hybridized carbons (Fsp3) is 0. The SMILES string of the molecule is Br.NC(=O)C1=CNNO1. The molecule has 5 nitrogen and oxygen atoms in total. The predicted molar refractivity (Wildman–Crippen MR) is 35.0 cm³/mol. The lowest BCUT2D eigenvalue weighted by molar-refractivity contribution is -0.118. The zero-order chi connectivity index (χ0) is 5.98. The van der Waals surface area contributed by atoms with Crippen LogP contribution in [0.5, 0.6) is 0 Å². The second-order valence-corrected chi connectivity index (χ2v) is 1.22. The zero-order valence-electron chi connectivity index (χ0n) is 4.38. The third-order valence-electron chi connectivity index (χ3n) is 0.666. The second-order valence-electron chi connectivity index (χ2n) is 1.22. The summed E-state index contributed by atoms with van der Waals surface area (Å²) in [4.78, 5) is 14.6. The molecule has 0 aromatic carbocycles. The molecule has 0 saturated carbocycles. The van der Waals surface area contributed by atoms with E-state index in [0.717, 1.165) is 0 Å². The maximum absolute atomic E-state index is 10.2. The van der Waals surface area contributed by atoms with Gasteiger partial charge in [0.2, 0.25) is 5.76 Å². The highest BCUT2D eigenvalue weighted by Crippen LogP contribution is 1.93. The van der Waals surface area contributed by atoms with Crippen LogP contribution < -0.4 is 16.7 Å². The monoisotopic (exact) mass is 195 g/mol. The van der Waals surface area contributed by atoms with E-state index in [1.165, 1.54) is 6.20 Å². The molecule has 0 bridgehead atoms. The number of hydrogen-bond donors (Lipinski definition) is 3. The van der Waals surface area contributed by atoms with Gasteiger partial charge in [0.25, 0.3) is 5.91 Å². The standard InChI is InChI=1S/C3H5N3O2.BrH/c4-3(7)2-1-5-6-8-2;/h1,5-6H,(H2,4,7);1H. The molecule has 0 spiro atoms. The molecule has 9 heavy (non-hydrogen) atoms. The van der Waals surface area contributed by atoms with Gasteiger partial charge in [0.05, 0.1) is 6.20 Å². The summed E-state index contributed by atoms with van der Waals surface area (Å²) in [6.45, 7) is 0. The molecule has 1 amide bonds. The van der Waals surface area contributed by atoms with E-state index in [1.807, 2.05) is 0 Å². The van der Waals surface area contributed by atoms with Gasteiger partial charge in [-0.2, -0.15) is 0 Å². The third-order valence-corrected chi connectivity index (χ3v) is 0.666. The van der Waals surface area contributed by atoms with Crippen molar-refractivity contribution in [2.45, 2.75) is 0 Å². The molecule has 0 unspecified atom stereocenters. The number of nitrogens with one attached hydrogen (secondary N) is 2. The van der Waals surface area contributed by atoms with Gasteiger partial charge in [-0.05, 0) is 0 Å². The maximum Gasteiger partial charge on any atom is 0.288 e. The molecule has 52 valence electrons. The normalized spacial score (nSPS) is 14.4. The average molecular weight is 196 g/mol. The summed E-state index contributed by atoms with van der Waals surface area (Å²) in [6.07, 6.45) is 1.34. The first kappa shape index (κ1) is 8.25. The van der Waals surface area contributed by atoms with Gasteiger partial charge in [-0.3, -0.25) is 10.2 Å². The predicted octanol–water partition coefficient (Wildman–Crippen LogP) is -1.07. The molecule has 0 radical (unpaired) electrons. The van der Waals surface area contributed by atoms with Gasteiger partial charge >= 0.3 is 0 Å². The second kappa shape index (κ2) is 3.31. The van der Waals surface area contributed by atoms with Gasteiger partial charge in [0, 0.05) is 0 Å². The van der Waals surface area contributed by atoms with E-state index in [2.05, 4.69) is 15.9 Å². The highest BCUT2D eigenvalue weighted by atomic mass is 79.9. The van der Waals surface area contributed by atoms with Crippen LogP contribution in [0.15, 0.2) is 12.0 Å². The first-order valence-electron chi connectivity index (χ1n) is 1.98. The van der Waals surface area contributed by atoms with Crippen molar-refractivity contribution in [1.29, 1.82) is 0 Å². The minimum absolute atomic E-state index is 0. The minimum Gasteiger partial charge on any atom is -0.382 e. The number of rotatable bonds is 1. The molecule has 0 aromatic rings. The highest BCUT2D eigenvalue weighted by Gasteiger charge is 2.09. The molecule has 1 aliphatic heterocycles. The van der Waals surface area contributed by atoms with E-state index >= 15 is 0 Å². The van der Waals surface area contributed by atoms with Crippen molar-refractivity contribution < 1.29 is 9.63 Å².